The van der Waals surface area contributed by atoms with Crippen molar-refractivity contribution in [2.45, 2.75) is 38.6 Å². The lowest BCUT2D eigenvalue weighted by Crippen LogP contribution is -2.01. The molecule has 0 aromatic carbocycles. The Labute approximate surface area is 74.9 Å². The zero-order valence-corrected chi connectivity index (χ0v) is 6.29. The Bertz CT molecular complexity index is 247. The van der Waals surface area contributed by atoms with Crippen molar-refractivity contribution < 1.29 is 16.8 Å². The lowest BCUT2D eigenvalue weighted by molar-refractivity contribution is -0.104. The molecule has 0 saturated carbocycles. The van der Waals surface area contributed by atoms with Gasteiger partial charge in [-0.3, -0.25) is 4.79 Å². The fraction of sp³-hybridized carbons (Fsp3) is 0.667. The summed E-state index contributed by atoms with van der Waals surface area (Å²) >= 11 is 0. The summed E-state index contributed by atoms with van der Waals surface area (Å²) in [7, 11) is 0. The Morgan fingerprint density at radius 1 is 1.73 bits per heavy atom. The number of aliphatic hydroxyl groups excluding tert-OH is 1. The first-order chi connectivity index (χ1) is 7.20. The van der Waals surface area contributed by atoms with E-state index < -0.39 is 19.3 Å². The number of hydrogen-bond acceptors (Lipinski definition) is 2. The number of carbonyl (C=O) groups is 1. The summed E-state index contributed by atoms with van der Waals surface area (Å²) in [5.41, 5.74) is 0. The lowest BCUT2D eigenvalue weighted by Gasteiger charge is -2.02. The standard InChI is InChI=1S/C9H16O2/c1-2-3-4-6-9(11)7-5-8-10/h5,7-9,11H,2-4,6H2,1H3/b7-5+/i1D3,2D2. The Morgan fingerprint density at radius 3 is 3.18 bits per heavy atom. The second kappa shape index (κ2) is 7.48. The van der Waals surface area contributed by atoms with Crippen molar-refractivity contribution >= 4 is 6.29 Å². The minimum absolute atomic E-state index is 0.143. The molecule has 0 aliphatic carbocycles. The Kier molecular flexibility index (Phi) is 3.00. The van der Waals surface area contributed by atoms with Crippen molar-refractivity contribution in [3.8, 4) is 0 Å². The molecule has 0 fully saturated rings. The predicted octanol–water partition coefficient (Wildman–Crippen LogP) is 1.68. The third-order valence-electron chi connectivity index (χ3n) is 1.21. The summed E-state index contributed by atoms with van der Waals surface area (Å²) in [5, 5.41) is 9.27. The molecule has 11 heavy (non-hydrogen) atoms. The van der Waals surface area contributed by atoms with Gasteiger partial charge in [0, 0.05) is 6.85 Å². The van der Waals surface area contributed by atoms with Crippen molar-refractivity contribution in [3.63, 3.8) is 0 Å². The van der Waals surface area contributed by atoms with E-state index in [0.29, 0.717) is 6.29 Å². The molecule has 0 amide bonds. The largest absolute Gasteiger partial charge is 0.389 e. The summed E-state index contributed by atoms with van der Waals surface area (Å²) in [6.45, 7) is -2.64. The minimum Gasteiger partial charge on any atom is -0.389 e. The SMILES string of the molecule is [2H]C([2H])([2H])C([2H])([2H])CCCC(O)/C=C/C=O. The second-order valence-electron chi connectivity index (χ2n) is 2.16. The first-order valence-corrected chi connectivity index (χ1v) is 3.51. The molecular formula is C9H16O2. The zero-order chi connectivity index (χ0) is 12.8. The first kappa shape index (κ1) is 4.41. The van der Waals surface area contributed by atoms with Crippen LogP contribution in [0.1, 0.15) is 39.3 Å². The number of allylic oxidation sites excluding steroid dienone is 1. The fourth-order valence-corrected chi connectivity index (χ4v) is 0.669. The van der Waals surface area contributed by atoms with Gasteiger partial charge >= 0.3 is 0 Å². The summed E-state index contributed by atoms with van der Waals surface area (Å²) < 4.78 is 35.5. The van der Waals surface area contributed by atoms with Gasteiger partial charge in [0.25, 0.3) is 0 Å². The molecule has 0 heterocycles. The van der Waals surface area contributed by atoms with Crippen molar-refractivity contribution in [2.75, 3.05) is 0 Å². The lowest BCUT2D eigenvalue weighted by atomic mass is 10.1. The van der Waals surface area contributed by atoms with Crippen LogP contribution in [0.15, 0.2) is 12.2 Å². The van der Waals surface area contributed by atoms with E-state index in [1.165, 1.54) is 6.08 Å². The Hall–Kier alpha value is -0.630. The van der Waals surface area contributed by atoms with Crippen LogP contribution in [0.5, 0.6) is 0 Å². The van der Waals surface area contributed by atoms with Crippen LogP contribution in [0, 0.1) is 0 Å². The van der Waals surface area contributed by atoms with Crippen LogP contribution in [-0.4, -0.2) is 17.5 Å². The maximum Gasteiger partial charge on any atom is 0.142 e. The van der Waals surface area contributed by atoms with Crippen LogP contribution in [0.25, 0.3) is 0 Å². The van der Waals surface area contributed by atoms with Gasteiger partial charge in [0.2, 0.25) is 0 Å². The summed E-state index contributed by atoms with van der Waals surface area (Å²) in [5.74, 6) is 0. The summed E-state index contributed by atoms with van der Waals surface area (Å²) in [6, 6.07) is 0. The zero-order valence-electron chi connectivity index (χ0n) is 11.3. The average Bonchev–Trinajstić information content (AvgIpc) is 2.12. The molecule has 64 valence electrons. The first-order valence-electron chi connectivity index (χ1n) is 6.01. The van der Waals surface area contributed by atoms with E-state index in [4.69, 9.17) is 6.85 Å². The molecule has 0 radical (unpaired) electrons. The fourth-order valence-electron chi connectivity index (χ4n) is 0.669. The molecule has 2 heteroatoms. The predicted molar refractivity (Wildman–Crippen MR) is 45.4 cm³/mol. The topological polar surface area (TPSA) is 37.3 Å². The average molecular weight is 161 g/mol. The number of aldehydes is 1. The number of rotatable bonds is 6. The molecule has 0 aromatic rings. The van der Waals surface area contributed by atoms with Crippen molar-refractivity contribution in [1.29, 1.82) is 0 Å². The van der Waals surface area contributed by atoms with Gasteiger partial charge in [0.1, 0.15) is 6.29 Å². The highest BCUT2D eigenvalue weighted by atomic mass is 16.3. The molecule has 0 bridgehead atoms. The smallest absolute Gasteiger partial charge is 0.142 e. The van der Waals surface area contributed by atoms with E-state index in [2.05, 4.69) is 0 Å². The normalized spacial score (nSPS) is 22.8. The maximum atomic E-state index is 9.94. The van der Waals surface area contributed by atoms with Gasteiger partial charge in [-0.1, -0.05) is 32.1 Å². The monoisotopic (exact) mass is 161 g/mol. The highest BCUT2D eigenvalue weighted by molar-refractivity contribution is 5.64. The van der Waals surface area contributed by atoms with Gasteiger partial charge in [-0.15, -0.1) is 0 Å². The van der Waals surface area contributed by atoms with E-state index in [-0.39, 0.29) is 19.3 Å². The van der Waals surface area contributed by atoms with E-state index in [1.54, 1.807) is 0 Å². The molecule has 2 nitrogen and oxygen atoms in total. The summed E-state index contributed by atoms with van der Waals surface area (Å²) in [6.07, 6.45) is 0.246. The van der Waals surface area contributed by atoms with Crippen LogP contribution >= 0.6 is 0 Å². The maximum absolute atomic E-state index is 9.94. The molecule has 0 aromatic heterocycles. The van der Waals surface area contributed by atoms with Crippen LogP contribution in [0.3, 0.4) is 0 Å². The Morgan fingerprint density at radius 2 is 2.55 bits per heavy atom. The summed E-state index contributed by atoms with van der Waals surface area (Å²) in [4.78, 5) is 9.94. The molecule has 0 aliphatic heterocycles. The highest BCUT2D eigenvalue weighted by Gasteiger charge is 1.96. The van der Waals surface area contributed by atoms with Gasteiger partial charge < -0.3 is 5.11 Å². The number of carbonyl (C=O) groups excluding carboxylic acids is 1. The Balaban J connectivity index is 3.99. The van der Waals surface area contributed by atoms with Crippen LogP contribution in [0.4, 0.5) is 0 Å². The van der Waals surface area contributed by atoms with Crippen LogP contribution in [-0.2, 0) is 4.79 Å². The quantitative estimate of drug-likeness (QED) is 0.475. The molecule has 1 N–H and O–H groups in total. The van der Waals surface area contributed by atoms with Gasteiger partial charge in [-0.2, -0.15) is 0 Å². The second-order valence-corrected chi connectivity index (χ2v) is 2.16. The molecule has 0 spiro atoms. The molecule has 1 unspecified atom stereocenters. The van der Waals surface area contributed by atoms with E-state index >= 15 is 0 Å². The van der Waals surface area contributed by atoms with Gasteiger partial charge in [-0.25, -0.2) is 0 Å². The van der Waals surface area contributed by atoms with Crippen molar-refractivity contribution in [1.82, 2.24) is 0 Å². The van der Waals surface area contributed by atoms with Gasteiger partial charge in [-0.05, 0) is 12.5 Å². The molecule has 0 saturated heterocycles. The molecule has 0 aliphatic rings. The van der Waals surface area contributed by atoms with Gasteiger partial charge in [0.15, 0.2) is 0 Å². The number of aliphatic hydroxyl groups is 1. The van der Waals surface area contributed by atoms with E-state index in [0.717, 1.165) is 6.08 Å². The van der Waals surface area contributed by atoms with E-state index in [9.17, 15) is 9.90 Å². The minimum atomic E-state index is -2.64. The highest BCUT2D eigenvalue weighted by Crippen LogP contribution is 2.03. The van der Waals surface area contributed by atoms with Crippen molar-refractivity contribution in [3.05, 3.63) is 12.2 Å². The third kappa shape index (κ3) is 7.26. The third-order valence-corrected chi connectivity index (χ3v) is 1.21. The molecule has 1 atom stereocenters. The molecule has 0 rings (SSSR count). The van der Waals surface area contributed by atoms with E-state index in [1.807, 2.05) is 0 Å². The van der Waals surface area contributed by atoms with Crippen LogP contribution < -0.4 is 0 Å². The van der Waals surface area contributed by atoms with Crippen LogP contribution in [0.2, 0.25) is 0 Å². The van der Waals surface area contributed by atoms with Gasteiger partial charge in [0.05, 0.1) is 6.10 Å². The molecular weight excluding hydrogens is 140 g/mol. The number of hydrogen-bond donors (Lipinski definition) is 1. The van der Waals surface area contributed by atoms with Crippen molar-refractivity contribution in [2.24, 2.45) is 0 Å².